The molecule has 4 N–H and O–H groups in total. The molecule has 27 heavy (non-hydrogen) atoms. The molecule has 2 aliphatic rings. The summed E-state index contributed by atoms with van der Waals surface area (Å²) in [6.07, 6.45) is 1.19. The van der Waals surface area contributed by atoms with Gasteiger partial charge in [0.25, 0.3) is 0 Å². The molecule has 0 saturated carbocycles. The number of halogens is 1. The second-order valence-corrected chi connectivity index (χ2v) is 9.74. The number of sulfonamides is 1. The number of hydrogen-bond acceptors (Lipinski definition) is 6. The number of rotatable bonds is 6. The van der Waals surface area contributed by atoms with Crippen LogP contribution in [-0.2, 0) is 19.6 Å². The Morgan fingerprint density at radius 3 is 2.89 bits per heavy atom. The Bertz CT molecular complexity index is 835. The molecule has 0 bridgehead atoms. The normalized spacial score (nSPS) is 24.4. The molecule has 1 aromatic carbocycles. The van der Waals surface area contributed by atoms with Gasteiger partial charge in [-0.3, -0.25) is 9.59 Å². The van der Waals surface area contributed by atoms with Gasteiger partial charge in [0.1, 0.15) is 6.04 Å². The number of amides is 2. The second-order valence-electron chi connectivity index (χ2n) is 6.47. The number of thioether (sulfide) groups is 1. The summed E-state index contributed by atoms with van der Waals surface area (Å²) < 4.78 is 26.7. The van der Waals surface area contributed by atoms with Crippen molar-refractivity contribution in [3.05, 3.63) is 24.3 Å². The molecule has 0 aromatic heterocycles. The number of anilines is 1. The minimum absolute atomic E-state index is 0. The number of hydrogen-bond donors (Lipinski definition) is 3. The molecule has 0 aliphatic carbocycles. The Morgan fingerprint density at radius 1 is 1.44 bits per heavy atom. The minimum atomic E-state index is -3.68. The fourth-order valence-electron chi connectivity index (χ4n) is 3.26. The van der Waals surface area contributed by atoms with Gasteiger partial charge in [-0.2, -0.15) is 0 Å². The maximum Gasteiger partial charge on any atom is 0.248 e. The van der Waals surface area contributed by atoms with E-state index in [9.17, 15) is 18.0 Å². The second kappa shape index (κ2) is 8.36. The van der Waals surface area contributed by atoms with Crippen molar-refractivity contribution in [1.29, 1.82) is 0 Å². The Hall–Kier alpha value is -1.33. The van der Waals surface area contributed by atoms with Gasteiger partial charge in [-0.25, -0.2) is 13.1 Å². The highest BCUT2D eigenvalue weighted by Gasteiger charge is 2.52. The van der Waals surface area contributed by atoms with Crippen LogP contribution in [0, 0.1) is 0 Å². The van der Waals surface area contributed by atoms with Crippen LogP contribution in [0.25, 0.3) is 0 Å². The third kappa shape index (κ3) is 4.40. The van der Waals surface area contributed by atoms with E-state index in [-0.39, 0.29) is 47.1 Å². The quantitative estimate of drug-likeness (QED) is 0.607. The summed E-state index contributed by atoms with van der Waals surface area (Å²) in [5.74, 6) is 0.213. The van der Waals surface area contributed by atoms with Crippen LogP contribution >= 0.6 is 24.2 Å². The topological polar surface area (TPSA) is 122 Å². The number of carbonyl (C=O) groups is 2. The van der Waals surface area contributed by atoms with Crippen molar-refractivity contribution in [2.75, 3.05) is 24.2 Å². The van der Waals surface area contributed by atoms with Crippen LogP contribution in [0.4, 0.5) is 5.69 Å². The van der Waals surface area contributed by atoms with E-state index in [1.165, 1.54) is 12.1 Å². The first kappa shape index (κ1) is 22.0. The predicted molar refractivity (Wildman–Crippen MR) is 107 cm³/mol. The molecule has 150 valence electrons. The molecule has 11 heteroatoms. The summed E-state index contributed by atoms with van der Waals surface area (Å²) in [6.45, 7) is 2.30. The predicted octanol–water partition coefficient (Wildman–Crippen LogP) is 0.738. The molecule has 2 amide bonds. The van der Waals surface area contributed by atoms with Crippen LogP contribution in [-0.4, -0.2) is 54.9 Å². The van der Waals surface area contributed by atoms with Crippen molar-refractivity contribution in [3.63, 3.8) is 0 Å². The molecule has 2 heterocycles. The summed E-state index contributed by atoms with van der Waals surface area (Å²) in [5, 5.41) is 2.74. The molecule has 2 unspecified atom stereocenters. The van der Waals surface area contributed by atoms with Crippen molar-refractivity contribution in [2.45, 2.75) is 35.6 Å². The van der Waals surface area contributed by atoms with Gasteiger partial charge >= 0.3 is 0 Å². The van der Waals surface area contributed by atoms with Crippen LogP contribution in [0.2, 0.25) is 0 Å². The molecule has 8 nitrogen and oxygen atoms in total. The molecule has 3 rings (SSSR count). The van der Waals surface area contributed by atoms with Crippen LogP contribution in [0.1, 0.15) is 19.8 Å². The van der Waals surface area contributed by atoms with E-state index >= 15 is 0 Å². The van der Waals surface area contributed by atoms with Crippen molar-refractivity contribution >= 4 is 51.7 Å². The number of fused-ring (bicyclic) bond motifs is 1. The summed E-state index contributed by atoms with van der Waals surface area (Å²) in [6, 6.07) is 5.47. The highest BCUT2D eigenvalue weighted by Crippen LogP contribution is 2.47. The Balaban J connectivity index is 0.00000261. The number of nitrogens with one attached hydrogen (secondary N) is 2. The zero-order chi connectivity index (χ0) is 18.9. The third-order valence-electron chi connectivity index (χ3n) is 4.60. The molecule has 0 spiro atoms. The zero-order valence-corrected chi connectivity index (χ0v) is 17.3. The Morgan fingerprint density at radius 2 is 2.19 bits per heavy atom. The highest BCUT2D eigenvalue weighted by atomic mass is 35.5. The average Bonchev–Trinajstić information content (AvgIpc) is 3.10. The van der Waals surface area contributed by atoms with E-state index in [0.29, 0.717) is 17.9 Å². The fourth-order valence-corrected chi connectivity index (χ4v) is 5.78. The van der Waals surface area contributed by atoms with Crippen LogP contribution in [0.5, 0.6) is 0 Å². The number of benzene rings is 1. The fraction of sp³-hybridized carbons (Fsp3) is 0.500. The lowest BCUT2D eigenvalue weighted by Crippen LogP contribution is -2.48. The molecule has 2 saturated heterocycles. The van der Waals surface area contributed by atoms with Crippen molar-refractivity contribution in [3.8, 4) is 0 Å². The maximum absolute atomic E-state index is 12.7. The van der Waals surface area contributed by atoms with Gasteiger partial charge in [-0.1, -0.05) is 6.07 Å². The van der Waals surface area contributed by atoms with Gasteiger partial charge in [0.15, 0.2) is 0 Å². The Kier molecular flexibility index (Phi) is 6.80. The van der Waals surface area contributed by atoms with Gasteiger partial charge in [0.05, 0.1) is 9.77 Å². The first-order valence-corrected chi connectivity index (χ1v) is 10.8. The van der Waals surface area contributed by atoms with Gasteiger partial charge in [-0.15, -0.1) is 24.2 Å². The average molecular weight is 435 g/mol. The highest BCUT2D eigenvalue weighted by molar-refractivity contribution is 8.01. The summed E-state index contributed by atoms with van der Waals surface area (Å²) in [4.78, 5) is 26.2. The van der Waals surface area contributed by atoms with Crippen LogP contribution in [0.3, 0.4) is 0 Å². The van der Waals surface area contributed by atoms with Crippen molar-refractivity contribution < 1.29 is 18.0 Å². The van der Waals surface area contributed by atoms with E-state index in [2.05, 4.69) is 10.0 Å². The van der Waals surface area contributed by atoms with E-state index in [1.54, 1.807) is 28.8 Å². The van der Waals surface area contributed by atoms with E-state index < -0.39 is 16.1 Å². The largest absolute Gasteiger partial charge is 0.329 e. The monoisotopic (exact) mass is 434 g/mol. The van der Waals surface area contributed by atoms with Gasteiger partial charge in [-0.05, 0) is 31.5 Å². The van der Waals surface area contributed by atoms with Crippen molar-refractivity contribution in [2.24, 2.45) is 5.73 Å². The number of carbonyl (C=O) groups excluding carboxylic acids is 2. The van der Waals surface area contributed by atoms with E-state index in [4.69, 9.17) is 5.73 Å². The number of nitrogens with zero attached hydrogens (tertiary/aromatic N) is 1. The standard InChI is InChI=1S/C16H22N4O4S2.ClH/c1-16-6-5-14(21)20(16)13(10-25-16)15(22)19-11-3-2-4-12(9-11)26(23,24)18-8-7-17;/h2-4,9,13,18H,5-8,10,17H2,1H3,(H,19,22);1H. The molecule has 2 fully saturated rings. The number of nitrogens with two attached hydrogens (primary N) is 1. The first-order chi connectivity index (χ1) is 12.3. The molecule has 2 aliphatic heterocycles. The van der Waals surface area contributed by atoms with Crippen LogP contribution in [0.15, 0.2) is 29.2 Å². The third-order valence-corrected chi connectivity index (χ3v) is 7.56. The molecular formula is C16H23ClN4O4S2. The van der Waals surface area contributed by atoms with E-state index in [0.717, 1.165) is 6.42 Å². The lowest BCUT2D eigenvalue weighted by Gasteiger charge is -2.29. The SMILES string of the molecule is CC12CCC(=O)N1C(C(=O)Nc1cccc(S(=O)(=O)NCCN)c1)CS2.Cl. The zero-order valence-electron chi connectivity index (χ0n) is 14.8. The summed E-state index contributed by atoms with van der Waals surface area (Å²) in [7, 11) is -3.68. The van der Waals surface area contributed by atoms with Gasteiger partial charge in [0.2, 0.25) is 21.8 Å². The molecule has 2 atom stereocenters. The molecular weight excluding hydrogens is 412 g/mol. The summed E-state index contributed by atoms with van der Waals surface area (Å²) >= 11 is 1.61. The lowest BCUT2D eigenvalue weighted by atomic mass is 10.2. The van der Waals surface area contributed by atoms with E-state index in [1.807, 2.05) is 6.92 Å². The van der Waals surface area contributed by atoms with Gasteiger partial charge in [0, 0.05) is 31.0 Å². The Labute approximate surface area is 169 Å². The maximum atomic E-state index is 12.7. The van der Waals surface area contributed by atoms with Gasteiger partial charge < -0.3 is 16.0 Å². The lowest BCUT2D eigenvalue weighted by molar-refractivity contribution is -0.135. The first-order valence-electron chi connectivity index (χ1n) is 8.34. The summed E-state index contributed by atoms with van der Waals surface area (Å²) in [5.41, 5.74) is 5.70. The molecule has 1 aromatic rings. The van der Waals surface area contributed by atoms with Crippen molar-refractivity contribution in [1.82, 2.24) is 9.62 Å². The van der Waals surface area contributed by atoms with Crippen LogP contribution < -0.4 is 15.8 Å². The molecule has 0 radical (unpaired) electrons. The smallest absolute Gasteiger partial charge is 0.248 e. The minimum Gasteiger partial charge on any atom is -0.329 e.